The van der Waals surface area contributed by atoms with E-state index < -0.39 is 0 Å². The van der Waals surface area contributed by atoms with Gasteiger partial charge in [0.25, 0.3) is 0 Å². The molecule has 0 amide bonds. The quantitative estimate of drug-likeness (QED) is 0.771. The number of nitrogens with zero attached hydrogens (tertiary/aromatic N) is 2. The SMILES string of the molecule is Cc1ccc(N(C)CCc2ccccn2)c(CCl)c1. The van der Waals surface area contributed by atoms with Crippen molar-refractivity contribution in [3.05, 3.63) is 59.4 Å². The first-order valence-electron chi connectivity index (χ1n) is 6.47. The summed E-state index contributed by atoms with van der Waals surface area (Å²) in [5.41, 5.74) is 4.76. The van der Waals surface area contributed by atoms with Crippen LogP contribution in [-0.2, 0) is 12.3 Å². The number of rotatable bonds is 5. The molecular weight excluding hydrogens is 256 g/mol. The third-order valence-corrected chi connectivity index (χ3v) is 3.51. The summed E-state index contributed by atoms with van der Waals surface area (Å²) in [5, 5.41) is 0. The molecule has 0 aliphatic rings. The molecule has 0 spiro atoms. The van der Waals surface area contributed by atoms with Gasteiger partial charge < -0.3 is 4.90 Å². The van der Waals surface area contributed by atoms with Gasteiger partial charge in [0.2, 0.25) is 0 Å². The molecule has 0 N–H and O–H groups in total. The molecule has 1 heterocycles. The topological polar surface area (TPSA) is 16.1 Å². The van der Waals surface area contributed by atoms with Crippen molar-refractivity contribution in [2.75, 3.05) is 18.5 Å². The lowest BCUT2D eigenvalue weighted by atomic mass is 10.1. The molecule has 0 unspecified atom stereocenters. The molecule has 2 nitrogen and oxygen atoms in total. The first kappa shape index (κ1) is 13.9. The average Bonchev–Trinajstić information content (AvgIpc) is 2.45. The second-order valence-corrected chi connectivity index (χ2v) is 5.03. The number of benzene rings is 1. The molecule has 0 saturated heterocycles. The zero-order valence-electron chi connectivity index (χ0n) is 11.4. The van der Waals surface area contributed by atoms with Gasteiger partial charge >= 0.3 is 0 Å². The maximum atomic E-state index is 6.03. The van der Waals surface area contributed by atoms with Crippen LogP contribution < -0.4 is 4.90 Å². The van der Waals surface area contributed by atoms with Gasteiger partial charge in [0.05, 0.1) is 0 Å². The molecule has 0 radical (unpaired) electrons. The summed E-state index contributed by atoms with van der Waals surface area (Å²) in [7, 11) is 2.10. The molecule has 0 fully saturated rings. The Kier molecular flexibility index (Phi) is 4.80. The smallest absolute Gasteiger partial charge is 0.0494 e. The fourth-order valence-corrected chi connectivity index (χ4v) is 2.36. The zero-order valence-corrected chi connectivity index (χ0v) is 12.2. The van der Waals surface area contributed by atoms with Crippen molar-refractivity contribution in [2.45, 2.75) is 19.2 Å². The molecule has 2 rings (SSSR count). The molecular formula is C16H19ClN2. The van der Waals surface area contributed by atoms with Gasteiger partial charge in [-0.25, -0.2) is 0 Å². The Balaban J connectivity index is 2.05. The van der Waals surface area contributed by atoms with Gasteiger partial charge in [-0.2, -0.15) is 0 Å². The Morgan fingerprint density at radius 1 is 1.21 bits per heavy atom. The minimum atomic E-state index is 0.547. The lowest BCUT2D eigenvalue weighted by Gasteiger charge is -2.22. The summed E-state index contributed by atoms with van der Waals surface area (Å²) in [4.78, 5) is 6.59. The van der Waals surface area contributed by atoms with Gasteiger partial charge in [0.1, 0.15) is 0 Å². The van der Waals surface area contributed by atoms with Gasteiger partial charge in [-0.15, -0.1) is 11.6 Å². The minimum absolute atomic E-state index is 0.547. The summed E-state index contributed by atoms with van der Waals surface area (Å²) < 4.78 is 0. The fraction of sp³-hybridized carbons (Fsp3) is 0.312. The molecule has 3 heteroatoms. The zero-order chi connectivity index (χ0) is 13.7. The molecule has 100 valence electrons. The van der Waals surface area contributed by atoms with E-state index in [2.05, 4.69) is 48.1 Å². The normalized spacial score (nSPS) is 10.5. The summed E-state index contributed by atoms with van der Waals surface area (Å²) in [5.74, 6) is 0.547. The van der Waals surface area contributed by atoms with E-state index in [9.17, 15) is 0 Å². The number of halogens is 1. The van der Waals surface area contributed by atoms with Crippen molar-refractivity contribution in [2.24, 2.45) is 0 Å². The molecule has 1 aromatic heterocycles. The Labute approximate surface area is 120 Å². The third-order valence-electron chi connectivity index (χ3n) is 3.22. The van der Waals surface area contributed by atoms with Crippen molar-refractivity contribution in [1.29, 1.82) is 0 Å². The Hall–Kier alpha value is -1.54. The van der Waals surface area contributed by atoms with E-state index in [0.29, 0.717) is 5.88 Å². The van der Waals surface area contributed by atoms with Crippen LogP contribution in [0.15, 0.2) is 42.6 Å². The second kappa shape index (κ2) is 6.58. The van der Waals surface area contributed by atoms with Crippen LogP contribution >= 0.6 is 11.6 Å². The summed E-state index contributed by atoms with van der Waals surface area (Å²) in [6, 6.07) is 12.5. The lowest BCUT2D eigenvalue weighted by Crippen LogP contribution is -2.21. The highest BCUT2D eigenvalue weighted by molar-refractivity contribution is 6.17. The lowest BCUT2D eigenvalue weighted by molar-refractivity contribution is 0.849. The van der Waals surface area contributed by atoms with E-state index in [1.165, 1.54) is 16.8 Å². The predicted octanol–water partition coefficient (Wildman–Crippen LogP) is 3.81. The Bertz CT molecular complexity index is 526. The van der Waals surface area contributed by atoms with Crippen molar-refractivity contribution in [3.8, 4) is 0 Å². The van der Waals surface area contributed by atoms with Crippen LogP contribution in [0.4, 0.5) is 5.69 Å². The average molecular weight is 275 g/mol. The molecule has 0 bridgehead atoms. The molecule has 2 aromatic rings. The second-order valence-electron chi connectivity index (χ2n) is 4.76. The summed E-state index contributed by atoms with van der Waals surface area (Å²) >= 11 is 6.03. The monoisotopic (exact) mass is 274 g/mol. The highest BCUT2D eigenvalue weighted by Crippen LogP contribution is 2.22. The predicted molar refractivity (Wildman–Crippen MR) is 81.9 cm³/mol. The van der Waals surface area contributed by atoms with Crippen LogP contribution in [0.5, 0.6) is 0 Å². The first-order chi connectivity index (χ1) is 9.20. The Morgan fingerprint density at radius 2 is 2.05 bits per heavy atom. The summed E-state index contributed by atoms with van der Waals surface area (Å²) in [6.45, 7) is 3.03. The van der Waals surface area contributed by atoms with Gasteiger partial charge in [-0.3, -0.25) is 4.98 Å². The molecule has 19 heavy (non-hydrogen) atoms. The fourth-order valence-electron chi connectivity index (χ4n) is 2.14. The first-order valence-corrected chi connectivity index (χ1v) is 7.00. The standard InChI is InChI=1S/C16H19ClN2/c1-13-6-7-16(14(11-13)12-17)19(2)10-8-15-5-3-4-9-18-15/h3-7,9,11H,8,10,12H2,1-2H3. The minimum Gasteiger partial charge on any atom is -0.374 e. The number of pyridine rings is 1. The summed E-state index contributed by atoms with van der Waals surface area (Å²) in [6.07, 6.45) is 2.78. The van der Waals surface area contributed by atoms with Crippen molar-refractivity contribution < 1.29 is 0 Å². The van der Waals surface area contributed by atoms with E-state index in [1.54, 1.807) is 0 Å². The van der Waals surface area contributed by atoms with Crippen LogP contribution in [0.1, 0.15) is 16.8 Å². The van der Waals surface area contributed by atoms with Gasteiger partial charge in [0, 0.05) is 43.5 Å². The highest BCUT2D eigenvalue weighted by atomic mass is 35.5. The molecule has 0 aliphatic heterocycles. The number of alkyl halides is 1. The maximum Gasteiger partial charge on any atom is 0.0494 e. The molecule has 1 aromatic carbocycles. The van der Waals surface area contributed by atoms with Gasteiger partial charge in [-0.1, -0.05) is 23.8 Å². The number of aryl methyl sites for hydroxylation is 1. The van der Waals surface area contributed by atoms with Crippen LogP contribution in [0.3, 0.4) is 0 Å². The number of anilines is 1. The molecule has 0 saturated carbocycles. The third kappa shape index (κ3) is 3.71. The maximum absolute atomic E-state index is 6.03. The van der Waals surface area contributed by atoms with E-state index in [4.69, 9.17) is 11.6 Å². The van der Waals surface area contributed by atoms with E-state index in [0.717, 1.165) is 18.7 Å². The number of aromatic nitrogens is 1. The molecule has 0 aliphatic carbocycles. The van der Waals surface area contributed by atoms with Crippen LogP contribution in [0, 0.1) is 6.92 Å². The van der Waals surface area contributed by atoms with Crippen LogP contribution in [0.25, 0.3) is 0 Å². The molecule has 0 atom stereocenters. The van der Waals surface area contributed by atoms with Crippen LogP contribution in [-0.4, -0.2) is 18.6 Å². The Morgan fingerprint density at radius 3 is 2.74 bits per heavy atom. The van der Waals surface area contributed by atoms with Gasteiger partial charge in [-0.05, 0) is 30.7 Å². The van der Waals surface area contributed by atoms with Crippen molar-refractivity contribution in [3.63, 3.8) is 0 Å². The largest absolute Gasteiger partial charge is 0.374 e. The highest BCUT2D eigenvalue weighted by Gasteiger charge is 2.07. The van der Waals surface area contributed by atoms with Crippen molar-refractivity contribution in [1.82, 2.24) is 4.98 Å². The van der Waals surface area contributed by atoms with Crippen molar-refractivity contribution >= 4 is 17.3 Å². The van der Waals surface area contributed by atoms with E-state index >= 15 is 0 Å². The van der Waals surface area contributed by atoms with Gasteiger partial charge in [0.15, 0.2) is 0 Å². The number of hydrogen-bond donors (Lipinski definition) is 0. The van der Waals surface area contributed by atoms with Crippen LogP contribution in [0.2, 0.25) is 0 Å². The number of hydrogen-bond acceptors (Lipinski definition) is 2. The van der Waals surface area contributed by atoms with E-state index in [-0.39, 0.29) is 0 Å². The number of likely N-dealkylation sites (N-methyl/N-ethyl adjacent to an activating group) is 1. The van der Waals surface area contributed by atoms with E-state index in [1.807, 2.05) is 18.3 Å².